The predicted molar refractivity (Wildman–Crippen MR) is 80.4 cm³/mol. The molecule has 0 aliphatic heterocycles. The average Bonchev–Trinajstić information content (AvgIpc) is 3.26. The molecule has 8 heteroatoms. The zero-order valence-electron chi connectivity index (χ0n) is 12.1. The lowest BCUT2D eigenvalue weighted by Gasteiger charge is -2.29. The molecule has 0 saturated heterocycles. The minimum Gasteiger partial charge on any atom is -0.344 e. The van der Waals surface area contributed by atoms with Crippen LogP contribution in [0.15, 0.2) is 18.2 Å². The number of aromatic nitrogens is 2. The fourth-order valence-electron chi connectivity index (χ4n) is 2.65. The van der Waals surface area contributed by atoms with E-state index in [1.54, 1.807) is 6.07 Å². The van der Waals surface area contributed by atoms with Crippen molar-refractivity contribution in [1.82, 2.24) is 15.5 Å². The number of nitrogens with two attached hydrogens (primary N) is 1. The molecule has 1 aromatic heterocycles. The molecule has 4 N–H and O–H groups in total. The monoisotopic (exact) mass is 303 g/mol. The third-order valence-corrected chi connectivity index (χ3v) is 4.27. The van der Waals surface area contributed by atoms with Gasteiger partial charge in [-0.25, -0.2) is 0 Å². The molecule has 0 radical (unpaired) electrons. The number of H-pyrrole nitrogens is 1. The smallest absolute Gasteiger partial charge is 0.272 e. The third kappa shape index (κ3) is 2.41. The number of fused-ring (bicyclic) bond motifs is 1. The molecule has 1 saturated carbocycles. The lowest BCUT2D eigenvalue weighted by Crippen LogP contribution is -2.53. The van der Waals surface area contributed by atoms with Gasteiger partial charge in [0, 0.05) is 24.1 Å². The zero-order chi connectivity index (χ0) is 15.9. The minimum absolute atomic E-state index is 0.0771. The van der Waals surface area contributed by atoms with Gasteiger partial charge in [-0.1, -0.05) is 0 Å². The van der Waals surface area contributed by atoms with E-state index in [-0.39, 0.29) is 17.3 Å². The summed E-state index contributed by atoms with van der Waals surface area (Å²) in [5, 5.41) is 21.0. The molecule has 1 unspecified atom stereocenters. The van der Waals surface area contributed by atoms with Crippen molar-refractivity contribution in [1.29, 1.82) is 0 Å². The maximum atomic E-state index is 12.5. The first-order chi connectivity index (χ1) is 10.4. The Morgan fingerprint density at radius 3 is 2.91 bits per heavy atom. The summed E-state index contributed by atoms with van der Waals surface area (Å²) in [6.07, 6.45) is 2.08. The number of amides is 1. The zero-order valence-corrected chi connectivity index (χ0v) is 12.1. The summed E-state index contributed by atoms with van der Waals surface area (Å²) >= 11 is 0. The molecule has 1 atom stereocenters. The fraction of sp³-hybridized carbons (Fsp3) is 0.429. The first-order valence-corrected chi connectivity index (χ1v) is 7.10. The Morgan fingerprint density at radius 2 is 2.32 bits per heavy atom. The SMILES string of the molecule is CC(CN)(NC(=O)c1n[nH]c2ccc([N+](=O)[O-])cc12)C1CC1. The molecular weight excluding hydrogens is 286 g/mol. The van der Waals surface area contributed by atoms with E-state index in [1.807, 2.05) is 6.92 Å². The maximum Gasteiger partial charge on any atom is 0.272 e. The predicted octanol–water partition coefficient (Wildman–Crippen LogP) is 1.33. The van der Waals surface area contributed by atoms with Crippen LogP contribution in [0.5, 0.6) is 0 Å². The van der Waals surface area contributed by atoms with Crippen molar-refractivity contribution in [2.75, 3.05) is 6.54 Å². The highest BCUT2D eigenvalue weighted by Gasteiger charge is 2.42. The van der Waals surface area contributed by atoms with Crippen LogP contribution in [0, 0.1) is 16.0 Å². The van der Waals surface area contributed by atoms with Crippen LogP contribution < -0.4 is 11.1 Å². The highest BCUT2D eigenvalue weighted by molar-refractivity contribution is 6.05. The van der Waals surface area contributed by atoms with E-state index >= 15 is 0 Å². The van der Waals surface area contributed by atoms with Gasteiger partial charge in [0.25, 0.3) is 11.6 Å². The van der Waals surface area contributed by atoms with Crippen LogP contribution in [-0.4, -0.2) is 33.1 Å². The summed E-state index contributed by atoms with van der Waals surface area (Å²) in [4.78, 5) is 22.9. The van der Waals surface area contributed by atoms with E-state index in [4.69, 9.17) is 5.73 Å². The van der Waals surface area contributed by atoms with Crippen LogP contribution in [0.2, 0.25) is 0 Å². The van der Waals surface area contributed by atoms with Gasteiger partial charge in [0.1, 0.15) is 0 Å². The molecule has 3 rings (SSSR count). The Kier molecular flexibility index (Phi) is 3.32. The Balaban J connectivity index is 1.93. The van der Waals surface area contributed by atoms with E-state index in [2.05, 4.69) is 15.5 Å². The van der Waals surface area contributed by atoms with Crippen LogP contribution in [-0.2, 0) is 0 Å². The van der Waals surface area contributed by atoms with Crippen LogP contribution in [0.4, 0.5) is 5.69 Å². The van der Waals surface area contributed by atoms with E-state index in [9.17, 15) is 14.9 Å². The first kappa shape index (κ1) is 14.5. The molecule has 22 heavy (non-hydrogen) atoms. The van der Waals surface area contributed by atoms with Gasteiger partial charge in [-0.2, -0.15) is 5.10 Å². The van der Waals surface area contributed by atoms with Crippen molar-refractivity contribution >= 4 is 22.5 Å². The van der Waals surface area contributed by atoms with E-state index in [0.717, 1.165) is 12.8 Å². The number of aromatic amines is 1. The van der Waals surface area contributed by atoms with Crippen LogP contribution >= 0.6 is 0 Å². The number of nitro benzene ring substituents is 1. The highest BCUT2D eigenvalue weighted by atomic mass is 16.6. The van der Waals surface area contributed by atoms with Gasteiger partial charge < -0.3 is 11.1 Å². The van der Waals surface area contributed by atoms with E-state index < -0.39 is 10.5 Å². The number of non-ortho nitro benzene ring substituents is 1. The van der Waals surface area contributed by atoms with Crippen molar-refractivity contribution in [3.63, 3.8) is 0 Å². The molecule has 2 aromatic rings. The first-order valence-electron chi connectivity index (χ1n) is 7.10. The van der Waals surface area contributed by atoms with Gasteiger partial charge in [0.05, 0.1) is 16.0 Å². The Labute approximate surface area is 126 Å². The van der Waals surface area contributed by atoms with Gasteiger partial charge in [0.15, 0.2) is 5.69 Å². The normalized spacial score (nSPS) is 17.2. The molecule has 1 aromatic carbocycles. The number of nitrogens with one attached hydrogen (secondary N) is 2. The Hall–Kier alpha value is -2.48. The molecule has 1 fully saturated rings. The number of rotatable bonds is 5. The van der Waals surface area contributed by atoms with Crippen LogP contribution in [0.3, 0.4) is 0 Å². The molecule has 0 spiro atoms. The van der Waals surface area contributed by atoms with Gasteiger partial charge in [-0.15, -0.1) is 0 Å². The molecule has 1 aliphatic rings. The summed E-state index contributed by atoms with van der Waals surface area (Å²) in [5.74, 6) is 0.00703. The van der Waals surface area contributed by atoms with Crippen molar-refractivity contribution in [3.8, 4) is 0 Å². The number of nitrogens with zero attached hydrogens (tertiary/aromatic N) is 2. The molecule has 1 heterocycles. The number of nitro groups is 1. The van der Waals surface area contributed by atoms with Gasteiger partial charge in [-0.3, -0.25) is 20.0 Å². The summed E-state index contributed by atoms with van der Waals surface area (Å²) in [6, 6.07) is 4.27. The molecular formula is C14H17N5O3. The second-order valence-electron chi connectivity index (χ2n) is 5.91. The van der Waals surface area contributed by atoms with E-state index in [1.165, 1.54) is 12.1 Å². The van der Waals surface area contributed by atoms with Crippen molar-refractivity contribution in [2.24, 2.45) is 11.7 Å². The van der Waals surface area contributed by atoms with E-state index in [0.29, 0.717) is 23.4 Å². The minimum atomic E-state index is -0.498. The fourth-order valence-corrected chi connectivity index (χ4v) is 2.65. The second kappa shape index (κ2) is 5.06. The quantitative estimate of drug-likeness (QED) is 0.567. The third-order valence-electron chi connectivity index (χ3n) is 4.27. The molecule has 1 amide bonds. The number of carbonyl (C=O) groups is 1. The van der Waals surface area contributed by atoms with Gasteiger partial charge >= 0.3 is 0 Å². The van der Waals surface area contributed by atoms with Crippen LogP contribution in [0.1, 0.15) is 30.3 Å². The molecule has 116 valence electrons. The standard InChI is InChI=1S/C14H17N5O3/c1-14(7-15,8-2-3-8)16-13(20)12-10-6-9(19(21)22)4-5-11(10)17-18-12/h4-6,8H,2-3,7,15H2,1H3,(H,16,20)(H,17,18). The number of carbonyl (C=O) groups excluding carboxylic acids is 1. The summed E-state index contributed by atoms with van der Waals surface area (Å²) in [6.45, 7) is 2.26. The Bertz CT molecular complexity index is 752. The lowest BCUT2D eigenvalue weighted by molar-refractivity contribution is -0.384. The average molecular weight is 303 g/mol. The second-order valence-corrected chi connectivity index (χ2v) is 5.91. The summed E-state index contributed by atoms with van der Waals surface area (Å²) in [5.41, 5.74) is 5.98. The van der Waals surface area contributed by atoms with Crippen LogP contribution in [0.25, 0.3) is 10.9 Å². The molecule has 1 aliphatic carbocycles. The summed E-state index contributed by atoms with van der Waals surface area (Å²) in [7, 11) is 0. The van der Waals surface area contributed by atoms with Crippen molar-refractivity contribution in [2.45, 2.75) is 25.3 Å². The van der Waals surface area contributed by atoms with Crippen molar-refractivity contribution in [3.05, 3.63) is 34.0 Å². The highest BCUT2D eigenvalue weighted by Crippen LogP contribution is 2.39. The lowest BCUT2D eigenvalue weighted by atomic mass is 9.95. The Morgan fingerprint density at radius 1 is 1.59 bits per heavy atom. The summed E-state index contributed by atoms with van der Waals surface area (Å²) < 4.78 is 0. The topological polar surface area (TPSA) is 127 Å². The van der Waals surface area contributed by atoms with Gasteiger partial charge in [0.2, 0.25) is 0 Å². The maximum absolute atomic E-state index is 12.5. The number of benzene rings is 1. The number of hydrogen-bond acceptors (Lipinski definition) is 5. The molecule has 0 bridgehead atoms. The van der Waals surface area contributed by atoms with Gasteiger partial charge in [-0.05, 0) is 31.7 Å². The van der Waals surface area contributed by atoms with Crippen molar-refractivity contribution < 1.29 is 9.72 Å². The molecule has 8 nitrogen and oxygen atoms in total. The number of hydrogen-bond donors (Lipinski definition) is 3. The largest absolute Gasteiger partial charge is 0.344 e.